The molecule has 1 amide bonds. The van der Waals surface area contributed by atoms with Crippen molar-refractivity contribution in [1.29, 1.82) is 0 Å². The van der Waals surface area contributed by atoms with E-state index in [1.807, 2.05) is 10.6 Å². The Morgan fingerprint density at radius 2 is 1.92 bits per heavy atom. The number of carbonyl (C=O) groups is 1. The lowest BCUT2D eigenvalue weighted by Crippen LogP contribution is -2.47. The number of fused-ring (bicyclic) bond motifs is 1. The number of carbonyl (C=O) groups excluding carboxylic acids is 1. The monoisotopic (exact) mass is 553 g/mol. The van der Waals surface area contributed by atoms with Gasteiger partial charge in [0.05, 0.1) is 18.5 Å². The molecule has 2 N–H and O–H groups in total. The molecule has 0 radical (unpaired) electrons. The molecule has 0 saturated carbocycles. The third-order valence-electron chi connectivity index (χ3n) is 8.22. The van der Waals surface area contributed by atoms with Gasteiger partial charge < -0.3 is 9.16 Å². The van der Waals surface area contributed by atoms with E-state index in [1.165, 1.54) is 5.56 Å². The summed E-state index contributed by atoms with van der Waals surface area (Å²) in [5.74, 6) is -0.242. The van der Waals surface area contributed by atoms with Gasteiger partial charge in [0.15, 0.2) is 25.7 Å². The maximum Gasteiger partial charge on any atom is 0.280 e. The van der Waals surface area contributed by atoms with Crippen LogP contribution in [0.3, 0.4) is 0 Å². The molecule has 2 aromatic heterocycles. The highest BCUT2D eigenvalue weighted by Gasteiger charge is 2.50. The lowest BCUT2D eigenvalue weighted by molar-refractivity contribution is -0.118. The number of anilines is 1. The summed E-state index contributed by atoms with van der Waals surface area (Å²) in [7, 11) is -2.20. The van der Waals surface area contributed by atoms with Crippen LogP contribution in [0.15, 0.2) is 41.5 Å². The van der Waals surface area contributed by atoms with Crippen LogP contribution >= 0.6 is 0 Å². The van der Waals surface area contributed by atoms with E-state index in [0.29, 0.717) is 5.65 Å². The van der Waals surface area contributed by atoms with E-state index in [0.717, 1.165) is 19.3 Å². The molecule has 1 unspecified atom stereocenters. The van der Waals surface area contributed by atoms with Crippen molar-refractivity contribution in [2.24, 2.45) is 11.8 Å². The number of aromatic nitrogens is 4. The first-order chi connectivity index (χ1) is 18.3. The number of aryl methyl sites for hydroxylation is 1. The van der Waals surface area contributed by atoms with Gasteiger partial charge in [-0.05, 0) is 43.0 Å². The van der Waals surface area contributed by atoms with E-state index in [9.17, 15) is 9.59 Å². The third kappa shape index (κ3) is 6.18. The molecular weight excluding hydrogens is 510 g/mol. The summed E-state index contributed by atoms with van der Waals surface area (Å²) >= 11 is 0. The minimum absolute atomic E-state index is 0.00648. The van der Waals surface area contributed by atoms with Crippen molar-refractivity contribution >= 4 is 31.3 Å². The van der Waals surface area contributed by atoms with Gasteiger partial charge in [0.25, 0.3) is 5.56 Å². The van der Waals surface area contributed by atoms with Gasteiger partial charge in [0, 0.05) is 11.8 Å². The van der Waals surface area contributed by atoms with Crippen molar-refractivity contribution in [2.45, 2.75) is 97.4 Å². The molecule has 0 aliphatic carbocycles. The van der Waals surface area contributed by atoms with E-state index in [4.69, 9.17) is 9.16 Å². The molecule has 4 atom stereocenters. The molecule has 0 spiro atoms. The van der Waals surface area contributed by atoms with E-state index in [-0.39, 0.29) is 46.5 Å². The number of nitrogens with zero attached hydrogens (tertiary/aromatic N) is 3. The van der Waals surface area contributed by atoms with Gasteiger partial charge in [0.2, 0.25) is 11.9 Å². The fourth-order valence-electron chi connectivity index (χ4n) is 4.83. The third-order valence-corrected chi connectivity index (χ3v) is 12.7. The fraction of sp³-hybridized carbons (Fsp3) is 0.586. The highest BCUT2D eigenvalue weighted by molar-refractivity contribution is 6.74. The van der Waals surface area contributed by atoms with E-state index >= 15 is 0 Å². The van der Waals surface area contributed by atoms with Crippen LogP contribution in [0.25, 0.3) is 11.2 Å². The van der Waals surface area contributed by atoms with Crippen LogP contribution in [-0.4, -0.2) is 46.0 Å². The number of H-pyrrole nitrogens is 1. The lowest BCUT2D eigenvalue weighted by atomic mass is 9.90. The van der Waals surface area contributed by atoms with Gasteiger partial charge in [-0.1, -0.05) is 71.9 Å². The maximum atomic E-state index is 12.9. The number of hydrogen-bond acceptors (Lipinski definition) is 6. The van der Waals surface area contributed by atoms with E-state index in [1.54, 1.807) is 20.2 Å². The zero-order valence-corrected chi connectivity index (χ0v) is 25.4. The summed E-state index contributed by atoms with van der Waals surface area (Å²) < 4.78 is 15.7. The van der Waals surface area contributed by atoms with Crippen molar-refractivity contribution in [3.05, 3.63) is 52.6 Å². The Morgan fingerprint density at radius 1 is 1.23 bits per heavy atom. The first kappa shape index (κ1) is 29.2. The van der Waals surface area contributed by atoms with Gasteiger partial charge >= 0.3 is 0 Å². The Balaban J connectivity index is 1.75. The van der Waals surface area contributed by atoms with Crippen LogP contribution in [0.4, 0.5) is 5.95 Å². The molecule has 39 heavy (non-hydrogen) atoms. The minimum atomic E-state index is -2.20. The SMILES string of the molecule is CC[C@H]1O[C@@H](n2cnc3c(=O)[nH]c(NC(=O)C(C)C)nc32)C(O[Si](C)(C)C(C)(C)C)[C@H]1CCc1ccccc1. The first-order valence-electron chi connectivity index (χ1n) is 14.0. The minimum Gasteiger partial charge on any atom is -0.409 e. The second-order valence-corrected chi connectivity index (χ2v) is 17.1. The van der Waals surface area contributed by atoms with Gasteiger partial charge in [-0.3, -0.25) is 24.5 Å². The van der Waals surface area contributed by atoms with Crippen LogP contribution < -0.4 is 10.9 Å². The van der Waals surface area contributed by atoms with Crippen LogP contribution in [0.2, 0.25) is 18.1 Å². The molecular formula is C29H43N5O4Si. The molecule has 3 heterocycles. The molecule has 212 valence electrons. The fourth-order valence-corrected chi connectivity index (χ4v) is 6.15. The smallest absolute Gasteiger partial charge is 0.280 e. The van der Waals surface area contributed by atoms with Gasteiger partial charge in [-0.25, -0.2) is 4.98 Å². The largest absolute Gasteiger partial charge is 0.409 e. The van der Waals surface area contributed by atoms with Crippen LogP contribution in [0.5, 0.6) is 0 Å². The van der Waals surface area contributed by atoms with Crippen molar-refractivity contribution in [2.75, 3.05) is 5.32 Å². The lowest BCUT2D eigenvalue weighted by Gasteiger charge is -2.41. The van der Waals surface area contributed by atoms with Crippen molar-refractivity contribution in [3.63, 3.8) is 0 Å². The second kappa shape index (κ2) is 11.3. The molecule has 10 heteroatoms. The average Bonchev–Trinajstić information content (AvgIpc) is 3.43. The summed E-state index contributed by atoms with van der Waals surface area (Å²) in [6, 6.07) is 10.5. The second-order valence-electron chi connectivity index (χ2n) is 12.4. The van der Waals surface area contributed by atoms with Crippen molar-refractivity contribution in [3.8, 4) is 0 Å². The Morgan fingerprint density at radius 3 is 2.54 bits per heavy atom. The molecule has 9 nitrogen and oxygen atoms in total. The molecule has 3 aromatic rings. The summed E-state index contributed by atoms with van der Waals surface area (Å²) in [5.41, 5.74) is 1.44. The van der Waals surface area contributed by atoms with Gasteiger partial charge in [-0.15, -0.1) is 0 Å². The average molecular weight is 554 g/mol. The highest BCUT2D eigenvalue weighted by atomic mass is 28.4. The summed E-state index contributed by atoms with van der Waals surface area (Å²) in [4.78, 5) is 36.8. The standard InChI is InChI=1S/C29H43N5O4Si/c1-9-21-20(16-15-19-13-11-10-12-14-19)23(38-39(7,8)29(4,5)6)27(37-21)34-17-30-22-24(34)31-28(33-26(22)36)32-25(35)18(2)3/h10-14,17-18,20-21,23,27H,9,15-16H2,1-8H3,(H2,31,32,33,35,36)/t20-,21+,23?,27+/m0/s1. The number of nitrogens with one attached hydrogen (secondary N) is 2. The van der Waals surface area contributed by atoms with Crippen LogP contribution in [0.1, 0.15) is 66.2 Å². The molecule has 1 aliphatic rings. The zero-order chi connectivity index (χ0) is 28.5. The number of amides is 1. The maximum absolute atomic E-state index is 12.9. The molecule has 1 aromatic carbocycles. The molecule has 4 rings (SSSR count). The van der Waals surface area contributed by atoms with E-state index in [2.05, 4.69) is 85.3 Å². The van der Waals surface area contributed by atoms with Crippen LogP contribution in [0, 0.1) is 11.8 Å². The normalized spacial score (nSPS) is 22.1. The topological polar surface area (TPSA) is 111 Å². The molecule has 1 saturated heterocycles. The van der Waals surface area contributed by atoms with Gasteiger partial charge in [0.1, 0.15) is 0 Å². The summed E-state index contributed by atoms with van der Waals surface area (Å²) in [6.45, 7) is 16.9. The molecule has 0 bridgehead atoms. The van der Waals surface area contributed by atoms with Gasteiger partial charge in [-0.2, -0.15) is 4.98 Å². The zero-order valence-electron chi connectivity index (χ0n) is 24.4. The Hall–Kier alpha value is -2.82. The Bertz CT molecular complexity index is 1350. The molecule has 1 aliphatic heterocycles. The quantitative estimate of drug-likeness (QED) is 0.331. The number of ether oxygens (including phenoxy) is 1. The summed E-state index contributed by atoms with van der Waals surface area (Å²) in [5, 5.41) is 2.71. The summed E-state index contributed by atoms with van der Waals surface area (Å²) in [6.07, 6.45) is 3.51. The number of imidazole rings is 1. The molecule has 1 fully saturated rings. The number of hydrogen-bond donors (Lipinski definition) is 2. The van der Waals surface area contributed by atoms with Crippen molar-refractivity contribution < 1.29 is 14.0 Å². The number of aromatic amines is 1. The Kier molecular flexibility index (Phi) is 8.49. The van der Waals surface area contributed by atoms with Crippen molar-refractivity contribution in [1.82, 2.24) is 19.5 Å². The predicted molar refractivity (Wildman–Crippen MR) is 156 cm³/mol. The number of rotatable bonds is 9. The Labute approximate surface area is 231 Å². The first-order valence-corrected chi connectivity index (χ1v) is 16.9. The number of benzene rings is 1. The highest BCUT2D eigenvalue weighted by Crippen LogP contribution is 2.46. The van der Waals surface area contributed by atoms with E-state index < -0.39 is 20.1 Å². The predicted octanol–water partition coefficient (Wildman–Crippen LogP) is 5.66. The van der Waals surface area contributed by atoms with Crippen LogP contribution in [-0.2, 0) is 20.4 Å².